The summed E-state index contributed by atoms with van der Waals surface area (Å²) >= 11 is 0. The smallest absolute Gasteiger partial charge is 0.0388 e. The molecule has 0 bridgehead atoms. The van der Waals surface area contributed by atoms with E-state index in [2.05, 4.69) is 55.1 Å². The molecule has 3 rings (SSSR count). The Morgan fingerprint density at radius 3 is 2.55 bits per heavy atom. The van der Waals surface area contributed by atoms with Gasteiger partial charge in [0, 0.05) is 12.1 Å². The second-order valence-electron chi connectivity index (χ2n) is 6.13. The molecule has 22 heavy (non-hydrogen) atoms. The molecule has 116 valence electrons. The van der Waals surface area contributed by atoms with Gasteiger partial charge in [0.05, 0.1) is 0 Å². The molecule has 1 aliphatic carbocycles. The van der Waals surface area contributed by atoms with E-state index in [1.54, 1.807) is 0 Å². The van der Waals surface area contributed by atoms with Crippen molar-refractivity contribution in [3.63, 3.8) is 0 Å². The van der Waals surface area contributed by atoms with Crippen LogP contribution >= 0.6 is 0 Å². The molecule has 2 nitrogen and oxygen atoms in total. The van der Waals surface area contributed by atoms with Gasteiger partial charge >= 0.3 is 0 Å². The lowest BCUT2D eigenvalue weighted by atomic mass is 9.98. The molecule has 0 unspecified atom stereocenters. The van der Waals surface area contributed by atoms with E-state index < -0.39 is 0 Å². The maximum absolute atomic E-state index is 6.48. The van der Waals surface area contributed by atoms with Crippen LogP contribution in [0.3, 0.4) is 0 Å². The van der Waals surface area contributed by atoms with Gasteiger partial charge in [0.2, 0.25) is 0 Å². The van der Waals surface area contributed by atoms with Gasteiger partial charge in [-0.05, 0) is 60.3 Å². The molecule has 0 saturated heterocycles. The van der Waals surface area contributed by atoms with Crippen molar-refractivity contribution in [1.29, 1.82) is 0 Å². The maximum Gasteiger partial charge on any atom is 0.0388 e. The summed E-state index contributed by atoms with van der Waals surface area (Å²) in [6, 6.07) is 13.2. The van der Waals surface area contributed by atoms with Crippen molar-refractivity contribution in [2.75, 3.05) is 25.4 Å². The average Bonchev–Trinajstić information content (AvgIpc) is 2.93. The first-order valence-corrected chi connectivity index (χ1v) is 8.45. The van der Waals surface area contributed by atoms with Crippen LogP contribution in [0.4, 0.5) is 5.69 Å². The van der Waals surface area contributed by atoms with Gasteiger partial charge < -0.3 is 10.6 Å². The molecule has 0 fully saturated rings. The highest BCUT2D eigenvalue weighted by atomic mass is 15.1. The first-order valence-electron chi connectivity index (χ1n) is 8.45. The van der Waals surface area contributed by atoms with Crippen LogP contribution < -0.4 is 5.73 Å². The fraction of sp³-hybridized carbons (Fsp3) is 0.400. The van der Waals surface area contributed by atoms with Crippen LogP contribution in [0, 0.1) is 0 Å². The zero-order valence-corrected chi connectivity index (χ0v) is 13.7. The highest BCUT2D eigenvalue weighted by Gasteiger charge is 2.21. The predicted octanol–water partition coefficient (Wildman–Crippen LogP) is 4.11. The Bertz CT molecular complexity index is 657. The lowest BCUT2D eigenvalue weighted by Crippen LogP contribution is -2.24. The third-order valence-corrected chi connectivity index (χ3v) is 4.94. The molecule has 0 atom stereocenters. The maximum atomic E-state index is 6.48. The largest absolute Gasteiger partial charge is 0.398 e. The molecule has 2 heteroatoms. The van der Waals surface area contributed by atoms with Crippen LogP contribution in [0.1, 0.15) is 37.0 Å². The lowest BCUT2D eigenvalue weighted by Gasteiger charge is -2.18. The predicted molar refractivity (Wildman–Crippen MR) is 95.2 cm³/mol. The van der Waals surface area contributed by atoms with Gasteiger partial charge in [0.1, 0.15) is 0 Å². The van der Waals surface area contributed by atoms with Gasteiger partial charge in [0.25, 0.3) is 0 Å². The van der Waals surface area contributed by atoms with Crippen LogP contribution in [-0.4, -0.2) is 24.5 Å². The molecule has 1 aliphatic rings. The topological polar surface area (TPSA) is 29.3 Å². The number of nitrogens with two attached hydrogens (primary N) is 1. The Kier molecular flexibility index (Phi) is 4.49. The number of aryl methyl sites for hydroxylation is 1. The summed E-state index contributed by atoms with van der Waals surface area (Å²) in [6.07, 6.45) is 3.24. The van der Waals surface area contributed by atoms with Crippen molar-refractivity contribution in [3.05, 3.63) is 53.1 Å². The fourth-order valence-corrected chi connectivity index (χ4v) is 3.53. The number of anilines is 1. The Morgan fingerprint density at radius 2 is 1.77 bits per heavy atom. The van der Waals surface area contributed by atoms with Crippen LogP contribution in [0.15, 0.2) is 36.4 Å². The number of nitrogen functional groups attached to an aromatic ring is 1. The molecule has 2 aromatic carbocycles. The van der Waals surface area contributed by atoms with E-state index in [0.717, 1.165) is 38.2 Å². The van der Waals surface area contributed by atoms with E-state index >= 15 is 0 Å². The highest BCUT2D eigenvalue weighted by Crippen LogP contribution is 2.40. The molecule has 0 radical (unpaired) electrons. The summed E-state index contributed by atoms with van der Waals surface area (Å²) in [4.78, 5) is 2.47. The van der Waals surface area contributed by atoms with Crippen LogP contribution in [0.25, 0.3) is 11.1 Å². The average molecular weight is 294 g/mol. The zero-order chi connectivity index (χ0) is 15.5. The van der Waals surface area contributed by atoms with Gasteiger partial charge in [-0.25, -0.2) is 0 Å². The van der Waals surface area contributed by atoms with Crippen LogP contribution in [-0.2, 0) is 12.8 Å². The summed E-state index contributed by atoms with van der Waals surface area (Å²) in [5.41, 5.74) is 14.3. The lowest BCUT2D eigenvalue weighted by molar-refractivity contribution is 0.300. The Morgan fingerprint density at radius 1 is 1.00 bits per heavy atom. The van der Waals surface area contributed by atoms with Gasteiger partial charge in [-0.1, -0.05) is 50.2 Å². The molecule has 0 aliphatic heterocycles. The second kappa shape index (κ2) is 6.53. The standard InChI is InChI=1S/C20H26N2/c1-3-22(4-2)13-7-9-15-11-12-18-17-10-6-5-8-16(17)14-19(18)20(15)21/h5-6,8,10-12H,3-4,7,9,13-14,21H2,1-2H3. The molecule has 0 amide bonds. The monoisotopic (exact) mass is 294 g/mol. The van der Waals surface area contributed by atoms with Crippen molar-refractivity contribution in [2.45, 2.75) is 33.1 Å². The number of hydrogen-bond donors (Lipinski definition) is 1. The highest BCUT2D eigenvalue weighted by molar-refractivity contribution is 5.82. The summed E-state index contributed by atoms with van der Waals surface area (Å²) in [5, 5.41) is 0. The minimum Gasteiger partial charge on any atom is -0.398 e. The summed E-state index contributed by atoms with van der Waals surface area (Å²) in [5.74, 6) is 0. The normalized spacial score (nSPS) is 12.5. The van der Waals surface area contributed by atoms with Crippen molar-refractivity contribution >= 4 is 5.69 Å². The number of benzene rings is 2. The van der Waals surface area contributed by atoms with Crippen molar-refractivity contribution in [1.82, 2.24) is 4.90 Å². The SMILES string of the molecule is CCN(CC)CCCc1ccc2c(c1N)Cc1ccccc1-2. The molecular formula is C20H26N2. The first-order chi connectivity index (χ1) is 10.7. The first kappa shape index (κ1) is 15.1. The van der Waals surface area contributed by atoms with Gasteiger partial charge in [-0.15, -0.1) is 0 Å². The van der Waals surface area contributed by atoms with Gasteiger partial charge in [0.15, 0.2) is 0 Å². The van der Waals surface area contributed by atoms with E-state index in [-0.39, 0.29) is 0 Å². The van der Waals surface area contributed by atoms with E-state index in [9.17, 15) is 0 Å². The quantitative estimate of drug-likeness (QED) is 0.693. The zero-order valence-electron chi connectivity index (χ0n) is 13.7. The fourth-order valence-electron chi connectivity index (χ4n) is 3.53. The van der Waals surface area contributed by atoms with E-state index in [1.165, 1.54) is 34.2 Å². The number of rotatable bonds is 6. The third kappa shape index (κ3) is 2.76. The van der Waals surface area contributed by atoms with Crippen LogP contribution in [0.2, 0.25) is 0 Å². The third-order valence-electron chi connectivity index (χ3n) is 4.94. The van der Waals surface area contributed by atoms with Gasteiger partial charge in [-0.3, -0.25) is 0 Å². The van der Waals surface area contributed by atoms with Crippen molar-refractivity contribution in [2.24, 2.45) is 0 Å². The summed E-state index contributed by atoms with van der Waals surface area (Å²) in [6.45, 7) is 7.87. The number of nitrogens with zero attached hydrogens (tertiary/aromatic N) is 1. The van der Waals surface area contributed by atoms with Crippen molar-refractivity contribution in [3.8, 4) is 11.1 Å². The molecule has 2 N–H and O–H groups in total. The summed E-state index contributed by atoms with van der Waals surface area (Å²) < 4.78 is 0. The molecule has 0 aromatic heterocycles. The number of fused-ring (bicyclic) bond motifs is 3. The Labute approximate surface area is 134 Å². The van der Waals surface area contributed by atoms with E-state index in [4.69, 9.17) is 5.73 Å². The molecule has 0 heterocycles. The van der Waals surface area contributed by atoms with E-state index in [0.29, 0.717) is 0 Å². The molecule has 2 aromatic rings. The van der Waals surface area contributed by atoms with Crippen molar-refractivity contribution < 1.29 is 0 Å². The molecular weight excluding hydrogens is 268 g/mol. The Hall–Kier alpha value is -1.80. The molecule has 0 spiro atoms. The van der Waals surface area contributed by atoms with Gasteiger partial charge in [-0.2, -0.15) is 0 Å². The van der Waals surface area contributed by atoms with Crippen LogP contribution in [0.5, 0.6) is 0 Å². The Balaban J connectivity index is 1.75. The minimum atomic E-state index is 0.987. The molecule has 0 saturated carbocycles. The minimum absolute atomic E-state index is 0.987. The van der Waals surface area contributed by atoms with E-state index in [1.807, 2.05) is 0 Å². The summed E-state index contributed by atoms with van der Waals surface area (Å²) in [7, 11) is 0. The second-order valence-corrected chi connectivity index (χ2v) is 6.13. The number of hydrogen-bond acceptors (Lipinski definition) is 2.